The van der Waals surface area contributed by atoms with Gasteiger partial charge in [-0.1, -0.05) is 103 Å². The van der Waals surface area contributed by atoms with Gasteiger partial charge in [0.15, 0.2) is 0 Å². The molecule has 37 heavy (non-hydrogen) atoms. The molecule has 6 rings (SSSR count). The van der Waals surface area contributed by atoms with E-state index in [2.05, 4.69) is 109 Å². The molecular formula is C33H28N4. The summed E-state index contributed by atoms with van der Waals surface area (Å²) in [6.07, 6.45) is 4.05. The van der Waals surface area contributed by atoms with E-state index in [0.717, 1.165) is 40.7 Å². The fourth-order valence-electron chi connectivity index (χ4n) is 5.03. The van der Waals surface area contributed by atoms with Gasteiger partial charge in [0.25, 0.3) is 0 Å². The second-order valence-electron chi connectivity index (χ2n) is 9.55. The van der Waals surface area contributed by atoms with Crippen molar-refractivity contribution in [3.63, 3.8) is 0 Å². The van der Waals surface area contributed by atoms with Crippen LogP contribution >= 0.6 is 0 Å². The molecule has 4 nitrogen and oxygen atoms in total. The Hall–Kier alpha value is -4.57. The number of anilines is 1. The van der Waals surface area contributed by atoms with Crippen molar-refractivity contribution in [2.75, 3.05) is 5.43 Å². The largest absolute Gasteiger partial charge is 0.245 e. The van der Waals surface area contributed by atoms with Crippen LogP contribution in [0.25, 0.3) is 27.7 Å². The number of aryl methyl sites for hydroxylation is 1. The summed E-state index contributed by atoms with van der Waals surface area (Å²) in [6.45, 7) is 2.09. The highest BCUT2D eigenvalue weighted by Gasteiger charge is 2.22. The smallest absolute Gasteiger partial charge is 0.244 e. The molecule has 0 spiro atoms. The zero-order chi connectivity index (χ0) is 25.0. The average molecular weight is 481 g/mol. The Morgan fingerprint density at radius 2 is 1.41 bits per heavy atom. The molecule has 0 radical (unpaired) electrons. The topological polar surface area (TPSA) is 50.2 Å². The molecule has 0 fully saturated rings. The molecule has 5 aromatic rings. The number of hydrogen-bond donors (Lipinski definition) is 1. The standard InChI is InChI=1S/C33H28N4/c1-23-17-18-31-30(19-23)32(26-15-9-4-10-16-26)35-33(34-31)37-36-29-21-27(24-11-5-2-6-12-24)20-28(22-29)25-13-7-3-8-14-25/h2-19,21,28H,20,22H2,1H3,(H,34,35,37)/b36-29-/t28-/m0/s1. The fraction of sp³-hybridized carbons (Fsp3) is 0.121. The number of nitrogens with one attached hydrogen (secondary N) is 1. The number of fused-ring (bicyclic) bond motifs is 1. The maximum atomic E-state index is 4.90. The van der Waals surface area contributed by atoms with Crippen molar-refractivity contribution >= 4 is 28.1 Å². The summed E-state index contributed by atoms with van der Waals surface area (Å²) in [5.41, 5.74) is 12.1. The lowest BCUT2D eigenvalue weighted by molar-refractivity contribution is 0.731. The molecule has 0 aliphatic heterocycles. The summed E-state index contributed by atoms with van der Waals surface area (Å²) < 4.78 is 0. The van der Waals surface area contributed by atoms with Crippen LogP contribution in [0.4, 0.5) is 5.95 Å². The Labute approximate surface area is 217 Å². The maximum Gasteiger partial charge on any atom is 0.244 e. The summed E-state index contributed by atoms with van der Waals surface area (Å²) in [5, 5.41) is 5.87. The SMILES string of the molecule is Cc1ccc2nc(N/N=C3/C=C(c4ccccc4)C[C@H](c4ccccc4)C3)nc(-c3ccccc3)c2c1. The van der Waals surface area contributed by atoms with Gasteiger partial charge in [0.1, 0.15) is 0 Å². The lowest BCUT2D eigenvalue weighted by Crippen LogP contribution is -2.14. The lowest BCUT2D eigenvalue weighted by atomic mass is 9.81. The number of aromatic nitrogens is 2. The molecule has 0 bridgehead atoms. The van der Waals surface area contributed by atoms with Gasteiger partial charge in [0.05, 0.1) is 16.9 Å². The van der Waals surface area contributed by atoms with Gasteiger partial charge in [-0.2, -0.15) is 5.10 Å². The molecule has 4 heteroatoms. The number of hydrogen-bond acceptors (Lipinski definition) is 4. The highest BCUT2D eigenvalue weighted by Crippen LogP contribution is 2.36. The molecule has 1 aliphatic carbocycles. The van der Waals surface area contributed by atoms with Crippen molar-refractivity contribution in [3.05, 3.63) is 132 Å². The first-order valence-corrected chi connectivity index (χ1v) is 12.7. The van der Waals surface area contributed by atoms with Crippen LogP contribution in [0, 0.1) is 6.92 Å². The van der Waals surface area contributed by atoms with Gasteiger partial charge < -0.3 is 0 Å². The fourth-order valence-corrected chi connectivity index (χ4v) is 5.03. The summed E-state index contributed by atoms with van der Waals surface area (Å²) in [6, 6.07) is 37.8. The monoisotopic (exact) mass is 480 g/mol. The Kier molecular flexibility index (Phi) is 6.30. The number of benzene rings is 4. The molecule has 0 saturated carbocycles. The first-order chi connectivity index (χ1) is 18.2. The minimum absolute atomic E-state index is 0.363. The number of nitrogens with zero attached hydrogens (tertiary/aromatic N) is 3. The maximum absolute atomic E-state index is 4.90. The van der Waals surface area contributed by atoms with E-state index in [-0.39, 0.29) is 0 Å². The molecular weight excluding hydrogens is 452 g/mol. The minimum Gasteiger partial charge on any atom is -0.245 e. The Bertz CT molecular complexity index is 1590. The third-order valence-corrected chi connectivity index (χ3v) is 6.88. The van der Waals surface area contributed by atoms with Crippen molar-refractivity contribution in [1.82, 2.24) is 9.97 Å². The van der Waals surface area contributed by atoms with Crippen LogP contribution in [0.2, 0.25) is 0 Å². The lowest BCUT2D eigenvalue weighted by Gasteiger charge is -2.24. The molecule has 1 aliphatic rings. The normalized spacial score (nSPS) is 16.5. The molecule has 1 aromatic heterocycles. The molecule has 4 aromatic carbocycles. The van der Waals surface area contributed by atoms with Crippen LogP contribution in [0.5, 0.6) is 0 Å². The van der Waals surface area contributed by atoms with Gasteiger partial charge in [-0.15, -0.1) is 0 Å². The predicted molar refractivity (Wildman–Crippen MR) is 154 cm³/mol. The molecule has 1 heterocycles. The second kappa shape index (κ2) is 10.2. The van der Waals surface area contributed by atoms with Crippen molar-refractivity contribution in [2.45, 2.75) is 25.7 Å². The molecule has 1 atom stereocenters. The van der Waals surface area contributed by atoms with Crippen molar-refractivity contribution in [1.29, 1.82) is 0 Å². The molecule has 0 unspecified atom stereocenters. The quantitative estimate of drug-likeness (QED) is 0.259. The number of hydrazone groups is 1. The highest BCUT2D eigenvalue weighted by atomic mass is 15.4. The summed E-state index contributed by atoms with van der Waals surface area (Å²) in [5.74, 6) is 0.863. The van der Waals surface area contributed by atoms with Crippen LogP contribution in [-0.4, -0.2) is 15.7 Å². The zero-order valence-corrected chi connectivity index (χ0v) is 20.8. The Morgan fingerprint density at radius 1 is 0.730 bits per heavy atom. The summed E-state index contributed by atoms with van der Waals surface area (Å²) in [4.78, 5) is 9.69. The van der Waals surface area contributed by atoms with Gasteiger partial charge in [-0.25, -0.2) is 15.4 Å². The Morgan fingerprint density at radius 3 is 2.14 bits per heavy atom. The van der Waals surface area contributed by atoms with Crippen molar-refractivity contribution in [2.24, 2.45) is 5.10 Å². The molecule has 1 N–H and O–H groups in total. The van der Waals surface area contributed by atoms with E-state index in [0.29, 0.717) is 11.9 Å². The molecule has 0 amide bonds. The van der Waals surface area contributed by atoms with Crippen LogP contribution in [-0.2, 0) is 0 Å². The van der Waals surface area contributed by atoms with E-state index in [4.69, 9.17) is 15.1 Å². The van der Waals surface area contributed by atoms with Crippen LogP contribution in [0.1, 0.15) is 35.4 Å². The summed E-state index contributed by atoms with van der Waals surface area (Å²) in [7, 11) is 0. The van der Waals surface area contributed by atoms with E-state index >= 15 is 0 Å². The van der Waals surface area contributed by atoms with Crippen molar-refractivity contribution < 1.29 is 0 Å². The first-order valence-electron chi connectivity index (χ1n) is 12.7. The van der Waals surface area contributed by atoms with E-state index in [1.165, 1.54) is 22.3 Å². The average Bonchev–Trinajstić information content (AvgIpc) is 2.97. The van der Waals surface area contributed by atoms with E-state index in [9.17, 15) is 0 Å². The van der Waals surface area contributed by atoms with Gasteiger partial charge in [0, 0.05) is 10.9 Å². The summed E-state index contributed by atoms with van der Waals surface area (Å²) >= 11 is 0. The van der Waals surface area contributed by atoms with Gasteiger partial charge in [0.2, 0.25) is 5.95 Å². The molecule has 180 valence electrons. The van der Waals surface area contributed by atoms with Crippen LogP contribution in [0.3, 0.4) is 0 Å². The van der Waals surface area contributed by atoms with Crippen LogP contribution < -0.4 is 5.43 Å². The molecule has 0 saturated heterocycles. The third kappa shape index (κ3) is 5.05. The van der Waals surface area contributed by atoms with Gasteiger partial charge in [-0.05, 0) is 60.6 Å². The van der Waals surface area contributed by atoms with E-state index in [1.54, 1.807) is 0 Å². The second-order valence-corrected chi connectivity index (χ2v) is 9.55. The van der Waals surface area contributed by atoms with E-state index in [1.807, 2.05) is 18.2 Å². The van der Waals surface area contributed by atoms with Gasteiger partial charge in [-0.3, -0.25) is 0 Å². The van der Waals surface area contributed by atoms with Crippen molar-refractivity contribution in [3.8, 4) is 11.3 Å². The first kappa shape index (κ1) is 22.9. The van der Waals surface area contributed by atoms with Crippen LogP contribution in [0.15, 0.2) is 120 Å². The number of rotatable bonds is 5. The predicted octanol–water partition coefficient (Wildman–Crippen LogP) is 8.03. The zero-order valence-electron chi connectivity index (χ0n) is 20.8. The highest BCUT2D eigenvalue weighted by molar-refractivity contribution is 6.03. The Balaban J connectivity index is 1.38. The minimum atomic E-state index is 0.363. The number of allylic oxidation sites excluding steroid dienone is 2. The third-order valence-electron chi connectivity index (χ3n) is 6.88. The van der Waals surface area contributed by atoms with Gasteiger partial charge >= 0.3 is 0 Å². The van der Waals surface area contributed by atoms with E-state index < -0.39 is 0 Å².